The van der Waals surface area contributed by atoms with E-state index in [9.17, 15) is 9.90 Å². The van der Waals surface area contributed by atoms with Crippen molar-refractivity contribution in [3.63, 3.8) is 0 Å². The number of hydrogen-bond acceptors (Lipinski definition) is 11. The highest BCUT2D eigenvalue weighted by Crippen LogP contribution is 2.43. The number of rotatable bonds is 18. The largest absolute Gasteiger partial charge is 0.497 e. The fourth-order valence-corrected chi connectivity index (χ4v) is 8.43. The minimum absolute atomic E-state index is 0.000975. The number of imidazole rings is 1. The highest BCUT2D eigenvalue weighted by Gasteiger charge is 2.42. The lowest BCUT2D eigenvalue weighted by Gasteiger charge is -2.37. The molecule has 346 valence electrons. The third kappa shape index (κ3) is 10.5. The third-order valence-corrected chi connectivity index (χ3v) is 11.5. The molecule has 1 amide bonds. The van der Waals surface area contributed by atoms with Gasteiger partial charge >= 0.3 is 12.1 Å². The molecule has 3 atom stereocenters. The molecule has 1 fully saturated rings. The van der Waals surface area contributed by atoms with E-state index in [1.54, 1.807) is 31.5 Å². The van der Waals surface area contributed by atoms with Gasteiger partial charge in [0.2, 0.25) is 0 Å². The van der Waals surface area contributed by atoms with Crippen LogP contribution in [0.2, 0.25) is 0 Å². The van der Waals surface area contributed by atoms with Crippen molar-refractivity contribution in [1.82, 2.24) is 24.4 Å². The maximum absolute atomic E-state index is 14.2. The van der Waals surface area contributed by atoms with Crippen LogP contribution < -0.4 is 19.1 Å². The first-order valence-corrected chi connectivity index (χ1v) is 22.5. The number of carbonyl (C=O) groups excluding carboxylic acids is 1. The van der Waals surface area contributed by atoms with Crippen LogP contribution in [0.3, 0.4) is 0 Å². The van der Waals surface area contributed by atoms with Gasteiger partial charge in [0, 0.05) is 19.5 Å². The molecule has 0 bridgehead atoms. The third-order valence-electron chi connectivity index (χ3n) is 11.5. The van der Waals surface area contributed by atoms with E-state index in [0.29, 0.717) is 45.9 Å². The van der Waals surface area contributed by atoms with E-state index < -0.39 is 30.1 Å². The van der Waals surface area contributed by atoms with Crippen LogP contribution in [0.15, 0.2) is 151 Å². The van der Waals surface area contributed by atoms with E-state index >= 15 is 0 Å². The number of amides is 1. The summed E-state index contributed by atoms with van der Waals surface area (Å²) in [4.78, 5) is 36.9. The lowest BCUT2D eigenvalue weighted by Crippen LogP contribution is -2.38. The molecule has 0 radical (unpaired) electrons. The molecule has 3 heterocycles. The van der Waals surface area contributed by atoms with Gasteiger partial charge in [0.15, 0.2) is 17.0 Å². The van der Waals surface area contributed by atoms with Crippen LogP contribution in [0.5, 0.6) is 17.5 Å². The molecule has 2 aromatic heterocycles. The molecular weight excluding hydrogens is 847 g/mol. The lowest BCUT2D eigenvalue weighted by atomic mass is 9.80. The normalized spacial score (nSPS) is 16.2. The molecule has 1 N–H and O–H groups in total. The van der Waals surface area contributed by atoms with Gasteiger partial charge in [-0.2, -0.15) is 9.97 Å². The van der Waals surface area contributed by atoms with E-state index in [2.05, 4.69) is 37.6 Å². The number of para-hydroxylation sites is 2. The number of carbonyl (C=O) groups is 1. The Labute approximate surface area is 391 Å². The molecule has 0 unspecified atom stereocenters. The smallest absolute Gasteiger partial charge is 0.426 e. The number of nitrogens with zero attached hydrogens (tertiary/aromatic N) is 7. The zero-order valence-corrected chi connectivity index (χ0v) is 38.7. The van der Waals surface area contributed by atoms with Gasteiger partial charge in [0.25, 0.3) is 0 Å². The molecule has 0 aliphatic carbocycles. The van der Waals surface area contributed by atoms with E-state index in [4.69, 9.17) is 38.6 Å². The van der Waals surface area contributed by atoms with E-state index in [0.717, 1.165) is 29.8 Å². The second kappa shape index (κ2) is 21.0. The standard InChI is InChI=1S/C53H57N7O7/c1-36(2)31-58(32-37(3)4)34-55-49-48-50(57-51(56-49)67-52(62)60(41-18-12-8-13-19-41)42-20-14-9-15-21-42)59(35-54-48)47-30-45(61)46(66-47)33-65-53(38-16-10-7-11-17-38,39-22-26-43(63-5)27-23-39)40-24-28-44(64-6)29-25-40/h7-29,34-37,45-47,61H,30-33H2,1-6H3/b55-34+/t45-,46+,47+/m0/s1. The number of benzene rings is 5. The van der Waals surface area contributed by atoms with Crippen molar-refractivity contribution in [2.75, 3.05) is 38.8 Å². The van der Waals surface area contributed by atoms with Gasteiger partial charge in [0.05, 0.1) is 51.0 Å². The maximum Gasteiger partial charge on any atom is 0.426 e. The molecule has 1 saturated heterocycles. The second-order valence-electron chi connectivity index (χ2n) is 17.3. The van der Waals surface area contributed by atoms with Gasteiger partial charge in [0.1, 0.15) is 29.4 Å². The lowest BCUT2D eigenvalue weighted by molar-refractivity contribution is -0.0931. The Morgan fingerprint density at radius 1 is 0.776 bits per heavy atom. The predicted octanol–water partition coefficient (Wildman–Crippen LogP) is 10.1. The van der Waals surface area contributed by atoms with Gasteiger partial charge in [-0.15, -0.1) is 0 Å². The van der Waals surface area contributed by atoms with E-state index in [1.165, 1.54) is 4.90 Å². The molecule has 0 spiro atoms. The van der Waals surface area contributed by atoms with Crippen molar-refractivity contribution in [3.8, 4) is 17.5 Å². The number of aliphatic hydroxyl groups is 1. The number of hydrogen-bond donors (Lipinski definition) is 1. The molecular formula is C53H57N7O7. The van der Waals surface area contributed by atoms with Crippen LogP contribution in [-0.4, -0.2) is 88.1 Å². The Balaban J connectivity index is 1.14. The van der Waals surface area contributed by atoms with Crippen LogP contribution >= 0.6 is 0 Å². The molecule has 7 aromatic rings. The second-order valence-corrected chi connectivity index (χ2v) is 17.3. The van der Waals surface area contributed by atoms with Gasteiger partial charge in [-0.05, 0) is 77.1 Å². The van der Waals surface area contributed by atoms with Gasteiger partial charge in [-0.1, -0.05) is 119 Å². The predicted molar refractivity (Wildman–Crippen MR) is 259 cm³/mol. The number of fused-ring (bicyclic) bond motifs is 1. The highest BCUT2D eigenvalue weighted by atomic mass is 16.6. The Bertz CT molecular complexity index is 2620. The SMILES string of the molecule is COc1ccc(C(OC[C@H]2O[C@@H](n3cnc4c(/N=C/N(CC(C)C)CC(C)C)nc(OC(=O)N(c5ccccc5)c5ccccc5)nc43)C[C@@H]2O)(c2ccccc2)c2ccc(OC)cc2)cc1. The quantitative estimate of drug-likeness (QED) is 0.0499. The summed E-state index contributed by atoms with van der Waals surface area (Å²) in [5.41, 5.74) is 3.31. The molecule has 0 saturated carbocycles. The zero-order chi connectivity index (χ0) is 46.9. The fraction of sp³-hybridized carbons (Fsp3) is 0.302. The first-order chi connectivity index (χ1) is 32.6. The van der Waals surface area contributed by atoms with Crippen molar-refractivity contribution in [1.29, 1.82) is 0 Å². The topological polar surface area (TPSA) is 146 Å². The average Bonchev–Trinajstić information content (AvgIpc) is 3.94. The summed E-state index contributed by atoms with van der Waals surface area (Å²) in [5, 5.41) is 11.8. The van der Waals surface area contributed by atoms with Crippen LogP contribution in [-0.2, 0) is 15.1 Å². The monoisotopic (exact) mass is 903 g/mol. The summed E-state index contributed by atoms with van der Waals surface area (Å²) < 4.78 is 32.6. The zero-order valence-electron chi connectivity index (χ0n) is 38.7. The summed E-state index contributed by atoms with van der Waals surface area (Å²) in [6, 6.07) is 43.7. The molecule has 67 heavy (non-hydrogen) atoms. The summed E-state index contributed by atoms with van der Waals surface area (Å²) in [7, 11) is 3.26. The molecule has 14 heteroatoms. The van der Waals surface area contributed by atoms with Crippen LogP contribution in [0.1, 0.15) is 57.0 Å². The van der Waals surface area contributed by atoms with Gasteiger partial charge in [-0.3, -0.25) is 4.57 Å². The average molecular weight is 904 g/mol. The highest BCUT2D eigenvalue weighted by molar-refractivity contribution is 5.97. The van der Waals surface area contributed by atoms with Crippen molar-refractivity contribution >= 4 is 40.8 Å². The Hall–Kier alpha value is -7.13. The molecule has 1 aliphatic heterocycles. The molecule has 1 aliphatic rings. The number of aliphatic imine (C=N–C) groups is 1. The van der Waals surface area contributed by atoms with E-state index in [-0.39, 0.29) is 24.9 Å². The van der Waals surface area contributed by atoms with Gasteiger partial charge in [-0.25, -0.2) is 19.7 Å². The minimum atomic E-state index is -1.13. The number of anilines is 2. The molecule has 8 rings (SSSR count). The van der Waals surface area contributed by atoms with Crippen molar-refractivity contribution in [2.24, 2.45) is 16.8 Å². The Kier molecular flexibility index (Phi) is 14.6. The first kappa shape index (κ1) is 46.4. The fourth-order valence-electron chi connectivity index (χ4n) is 8.43. The number of methoxy groups -OCH3 is 2. The first-order valence-electron chi connectivity index (χ1n) is 22.5. The summed E-state index contributed by atoms with van der Waals surface area (Å²) in [5.74, 6) is 2.37. The van der Waals surface area contributed by atoms with Crippen LogP contribution in [0.4, 0.5) is 22.0 Å². The number of ether oxygens (including phenoxy) is 5. The summed E-state index contributed by atoms with van der Waals surface area (Å²) in [6.45, 7) is 10.2. The van der Waals surface area contributed by atoms with Crippen molar-refractivity contribution in [3.05, 3.63) is 163 Å². The molecule has 14 nitrogen and oxygen atoms in total. The van der Waals surface area contributed by atoms with Crippen LogP contribution in [0, 0.1) is 11.8 Å². The Morgan fingerprint density at radius 2 is 1.30 bits per heavy atom. The molecule has 5 aromatic carbocycles. The minimum Gasteiger partial charge on any atom is -0.497 e. The number of aliphatic hydroxyl groups excluding tert-OH is 1. The Morgan fingerprint density at radius 3 is 1.82 bits per heavy atom. The van der Waals surface area contributed by atoms with Crippen molar-refractivity contribution in [2.45, 2.75) is 58.2 Å². The maximum atomic E-state index is 14.2. The van der Waals surface area contributed by atoms with Crippen molar-refractivity contribution < 1.29 is 33.6 Å². The summed E-state index contributed by atoms with van der Waals surface area (Å²) in [6.07, 6.45) is 0.371. The van der Waals surface area contributed by atoms with Crippen LogP contribution in [0.25, 0.3) is 11.2 Å². The number of aromatic nitrogens is 4. The van der Waals surface area contributed by atoms with Gasteiger partial charge < -0.3 is 33.7 Å². The summed E-state index contributed by atoms with van der Waals surface area (Å²) >= 11 is 0. The van der Waals surface area contributed by atoms with E-state index in [1.807, 2.05) is 140 Å².